The second-order valence-corrected chi connectivity index (χ2v) is 6.73. The summed E-state index contributed by atoms with van der Waals surface area (Å²) in [6, 6.07) is 16.6. The summed E-state index contributed by atoms with van der Waals surface area (Å²) in [5.74, 6) is -1.03. The maximum absolute atomic E-state index is 13.6. The van der Waals surface area contributed by atoms with Gasteiger partial charge in [-0.1, -0.05) is 48.5 Å². The largest absolute Gasteiger partial charge is 0.219 e. The highest BCUT2D eigenvalue weighted by molar-refractivity contribution is 7.88. The van der Waals surface area contributed by atoms with Crippen LogP contribution in [0.1, 0.15) is 11.1 Å². The predicted octanol–water partition coefficient (Wildman–Crippen LogP) is 2.68. The van der Waals surface area contributed by atoms with Gasteiger partial charge in [-0.2, -0.15) is 9.57 Å². The maximum atomic E-state index is 13.6. The lowest BCUT2D eigenvalue weighted by molar-refractivity contribution is 0.439. The molecular weight excluding hydrogens is 303 g/mol. The van der Waals surface area contributed by atoms with Crippen LogP contribution in [0.15, 0.2) is 54.6 Å². The molecule has 0 aliphatic heterocycles. The minimum absolute atomic E-state index is 0.0885. The van der Waals surface area contributed by atoms with E-state index in [1.165, 1.54) is 18.2 Å². The molecule has 0 heterocycles. The smallest absolute Gasteiger partial charge is 0.212 e. The molecule has 0 aromatic heterocycles. The Bertz CT molecular complexity index is 770. The van der Waals surface area contributed by atoms with Crippen LogP contribution >= 0.6 is 0 Å². The third-order valence-electron chi connectivity index (χ3n) is 3.14. The molecule has 0 saturated heterocycles. The number of benzene rings is 2. The van der Waals surface area contributed by atoms with Crippen molar-refractivity contribution in [1.29, 1.82) is 5.26 Å². The standard InChI is InChI=1S/C16H15FN2O2S/c17-16-9-5-4-8-15(16)13-22(20,21)19(11-10-18)12-14-6-2-1-3-7-14/h1-9H,11-13H2. The number of nitrogens with zero attached hydrogens (tertiary/aromatic N) is 2. The summed E-state index contributed by atoms with van der Waals surface area (Å²) in [5.41, 5.74) is 0.869. The van der Waals surface area contributed by atoms with Crippen molar-refractivity contribution in [1.82, 2.24) is 4.31 Å². The second-order valence-electron chi connectivity index (χ2n) is 4.76. The van der Waals surface area contributed by atoms with Crippen LogP contribution in [0.4, 0.5) is 4.39 Å². The molecule has 22 heavy (non-hydrogen) atoms. The molecule has 0 bridgehead atoms. The average Bonchev–Trinajstić information content (AvgIpc) is 2.50. The van der Waals surface area contributed by atoms with E-state index in [2.05, 4.69) is 0 Å². The highest BCUT2D eigenvalue weighted by atomic mass is 32.2. The Hall–Kier alpha value is -2.23. The molecule has 0 aliphatic rings. The van der Waals surface area contributed by atoms with Crippen molar-refractivity contribution in [3.63, 3.8) is 0 Å². The van der Waals surface area contributed by atoms with Crippen LogP contribution in [0.3, 0.4) is 0 Å². The van der Waals surface area contributed by atoms with Crippen LogP contribution in [0.25, 0.3) is 0 Å². The van der Waals surface area contributed by atoms with Crippen LogP contribution in [0, 0.1) is 17.1 Å². The van der Waals surface area contributed by atoms with Crippen molar-refractivity contribution < 1.29 is 12.8 Å². The first kappa shape index (κ1) is 16.1. The summed E-state index contributed by atoms with van der Waals surface area (Å²) in [7, 11) is -3.79. The van der Waals surface area contributed by atoms with E-state index in [1.807, 2.05) is 12.1 Å². The maximum Gasteiger partial charge on any atom is 0.219 e. The molecule has 0 saturated carbocycles. The Kier molecular flexibility index (Phi) is 5.26. The van der Waals surface area contributed by atoms with Gasteiger partial charge in [-0.3, -0.25) is 0 Å². The van der Waals surface area contributed by atoms with Crippen LogP contribution < -0.4 is 0 Å². The van der Waals surface area contributed by atoms with Crippen molar-refractivity contribution in [3.05, 3.63) is 71.5 Å². The van der Waals surface area contributed by atoms with Crippen LogP contribution in [0.5, 0.6) is 0 Å². The van der Waals surface area contributed by atoms with Gasteiger partial charge in [0.2, 0.25) is 10.0 Å². The summed E-state index contributed by atoms with van der Waals surface area (Å²) in [4.78, 5) is 0. The van der Waals surface area contributed by atoms with Gasteiger partial charge in [-0.15, -0.1) is 0 Å². The number of halogens is 1. The number of hydrogen-bond donors (Lipinski definition) is 0. The first-order valence-electron chi connectivity index (χ1n) is 6.65. The van der Waals surface area contributed by atoms with E-state index in [9.17, 15) is 12.8 Å². The van der Waals surface area contributed by atoms with Gasteiger partial charge in [0, 0.05) is 12.1 Å². The van der Waals surface area contributed by atoms with E-state index < -0.39 is 21.6 Å². The molecule has 0 spiro atoms. The number of sulfonamides is 1. The molecule has 2 aromatic carbocycles. The van der Waals surface area contributed by atoms with E-state index in [0.717, 1.165) is 9.87 Å². The normalized spacial score (nSPS) is 11.3. The SMILES string of the molecule is N#CCN(Cc1ccccc1)S(=O)(=O)Cc1ccccc1F. The Morgan fingerprint density at radius 2 is 1.68 bits per heavy atom. The number of nitriles is 1. The number of hydrogen-bond acceptors (Lipinski definition) is 3. The minimum Gasteiger partial charge on any atom is -0.212 e. The van der Waals surface area contributed by atoms with Crippen LogP contribution in [-0.4, -0.2) is 19.3 Å². The van der Waals surface area contributed by atoms with E-state index in [0.29, 0.717) is 0 Å². The molecule has 6 heteroatoms. The molecule has 0 radical (unpaired) electrons. The van der Waals surface area contributed by atoms with Gasteiger partial charge < -0.3 is 0 Å². The molecule has 0 atom stereocenters. The molecule has 2 rings (SSSR count). The van der Waals surface area contributed by atoms with Gasteiger partial charge in [0.25, 0.3) is 0 Å². The van der Waals surface area contributed by atoms with Gasteiger partial charge in [0.15, 0.2) is 0 Å². The monoisotopic (exact) mass is 318 g/mol. The zero-order valence-corrected chi connectivity index (χ0v) is 12.6. The van der Waals surface area contributed by atoms with E-state index in [-0.39, 0.29) is 18.7 Å². The third kappa shape index (κ3) is 4.13. The quantitative estimate of drug-likeness (QED) is 0.769. The Labute approximate surface area is 129 Å². The summed E-state index contributed by atoms with van der Waals surface area (Å²) in [5, 5.41) is 8.87. The molecule has 0 aliphatic carbocycles. The van der Waals surface area contributed by atoms with E-state index >= 15 is 0 Å². The molecule has 0 N–H and O–H groups in total. The van der Waals surface area contributed by atoms with Crippen LogP contribution in [-0.2, 0) is 22.3 Å². The zero-order chi connectivity index (χ0) is 16.0. The highest BCUT2D eigenvalue weighted by Gasteiger charge is 2.23. The summed E-state index contributed by atoms with van der Waals surface area (Å²) in [6.45, 7) is -0.184. The molecule has 0 amide bonds. The van der Waals surface area contributed by atoms with Crippen molar-refractivity contribution in [2.75, 3.05) is 6.54 Å². The average molecular weight is 318 g/mol. The topological polar surface area (TPSA) is 61.2 Å². The first-order valence-corrected chi connectivity index (χ1v) is 8.26. The summed E-state index contributed by atoms with van der Waals surface area (Å²) < 4.78 is 39.6. The minimum atomic E-state index is -3.79. The molecule has 0 fully saturated rings. The van der Waals surface area contributed by atoms with Crippen molar-refractivity contribution in [3.8, 4) is 6.07 Å². The lowest BCUT2D eigenvalue weighted by Crippen LogP contribution is -2.32. The van der Waals surface area contributed by atoms with Crippen molar-refractivity contribution in [2.24, 2.45) is 0 Å². The van der Waals surface area contributed by atoms with Crippen molar-refractivity contribution >= 4 is 10.0 Å². The fraction of sp³-hybridized carbons (Fsp3) is 0.188. The zero-order valence-electron chi connectivity index (χ0n) is 11.8. The fourth-order valence-corrected chi connectivity index (χ4v) is 3.43. The Balaban J connectivity index is 2.23. The van der Waals surface area contributed by atoms with Gasteiger partial charge >= 0.3 is 0 Å². The molecule has 114 valence electrons. The predicted molar refractivity (Wildman–Crippen MR) is 81.5 cm³/mol. The van der Waals surface area contributed by atoms with Gasteiger partial charge in [-0.25, -0.2) is 12.8 Å². The lowest BCUT2D eigenvalue weighted by atomic mass is 10.2. The molecule has 4 nitrogen and oxygen atoms in total. The number of rotatable bonds is 6. The van der Waals surface area contributed by atoms with E-state index in [4.69, 9.17) is 5.26 Å². The van der Waals surface area contributed by atoms with Crippen LogP contribution in [0.2, 0.25) is 0 Å². The summed E-state index contributed by atoms with van der Waals surface area (Å²) in [6.07, 6.45) is 0. The van der Waals surface area contributed by atoms with Gasteiger partial charge in [0.1, 0.15) is 12.4 Å². The fourth-order valence-electron chi connectivity index (χ4n) is 2.02. The lowest BCUT2D eigenvalue weighted by Gasteiger charge is -2.19. The Morgan fingerprint density at radius 1 is 1.05 bits per heavy atom. The summed E-state index contributed by atoms with van der Waals surface area (Å²) >= 11 is 0. The Morgan fingerprint density at radius 3 is 2.32 bits per heavy atom. The molecule has 2 aromatic rings. The first-order chi connectivity index (χ1) is 10.5. The molecular formula is C16H15FN2O2S. The molecule has 0 unspecified atom stereocenters. The third-order valence-corrected chi connectivity index (χ3v) is 4.86. The second kappa shape index (κ2) is 7.16. The van der Waals surface area contributed by atoms with Gasteiger partial charge in [0.05, 0.1) is 11.8 Å². The van der Waals surface area contributed by atoms with Crippen molar-refractivity contribution in [2.45, 2.75) is 12.3 Å². The van der Waals surface area contributed by atoms with Gasteiger partial charge in [-0.05, 0) is 11.6 Å². The highest BCUT2D eigenvalue weighted by Crippen LogP contribution is 2.16. The van der Waals surface area contributed by atoms with E-state index in [1.54, 1.807) is 30.3 Å².